The van der Waals surface area contributed by atoms with Crippen LogP contribution in [0.4, 0.5) is 0 Å². The Morgan fingerprint density at radius 3 is 2.43 bits per heavy atom. The van der Waals surface area contributed by atoms with Gasteiger partial charge in [-0.1, -0.05) is 66.7 Å². The van der Waals surface area contributed by atoms with E-state index in [-0.39, 0.29) is 11.9 Å². The molecule has 0 aliphatic rings. The van der Waals surface area contributed by atoms with Crippen LogP contribution in [0, 0.1) is 0 Å². The van der Waals surface area contributed by atoms with Gasteiger partial charge in [0.2, 0.25) is 0 Å². The Labute approximate surface area is 137 Å². The Kier molecular flexibility index (Phi) is 4.72. The van der Waals surface area contributed by atoms with E-state index < -0.39 is 0 Å². The third kappa shape index (κ3) is 3.78. The van der Waals surface area contributed by atoms with Crippen LogP contribution >= 0.6 is 0 Å². The first-order chi connectivity index (χ1) is 11.2. The molecule has 2 nitrogen and oxygen atoms in total. The van der Waals surface area contributed by atoms with Crippen molar-refractivity contribution in [3.05, 3.63) is 83.9 Å². The summed E-state index contributed by atoms with van der Waals surface area (Å²) in [6, 6.07) is 24.4. The van der Waals surface area contributed by atoms with Gasteiger partial charge in [0.1, 0.15) is 0 Å². The molecule has 1 N–H and O–H groups in total. The maximum atomic E-state index is 12.6. The molecule has 0 bridgehead atoms. The standard InChI is InChI=1S/C21H21NO/c1-16(14-15-17-8-3-2-4-9-17)22-21(23)20-13-7-11-18-10-5-6-12-19(18)20/h2-13,16H,14-15H2,1H3,(H,22,23). The van der Waals surface area contributed by atoms with Crippen LogP contribution in [0.2, 0.25) is 0 Å². The second-order valence-corrected chi connectivity index (χ2v) is 5.93. The van der Waals surface area contributed by atoms with E-state index in [1.807, 2.05) is 48.5 Å². The van der Waals surface area contributed by atoms with Crippen molar-refractivity contribution in [3.8, 4) is 0 Å². The Hall–Kier alpha value is -2.61. The lowest BCUT2D eigenvalue weighted by Crippen LogP contribution is -2.33. The number of hydrogen-bond donors (Lipinski definition) is 1. The number of benzene rings is 3. The van der Waals surface area contributed by atoms with Gasteiger partial charge in [0, 0.05) is 11.6 Å². The third-order valence-corrected chi connectivity index (χ3v) is 4.12. The number of carbonyl (C=O) groups is 1. The number of rotatable bonds is 5. The number of nitrogens with one attached hydrogen (secondary N) is 1. The Morgan fingerprint density at radius 2 is 1.61 bits per heavy atom. The molecule has 0 radical (unpaired) electrons. The Morgan fingerprint density at radius 1 is 0.913 bits per heavy atom. The minimum absolute atomic E-state index is 0.00219. The van der Waals surface area contributed by atoms with Gasteiger partial charge in [0.25, 0.3) is 5.91 Å². The van der Waals surface area contributed by atoms with Gasteiger partial charge in [-0.3, -0.25) is 4.79 Å². The fourth-order valence-corrected chi connectivity index (χ4v) is 2.82. The predicted octanol–water partition coefficient (Wildman–Crippen LogP) is 4.59. The molecular weight excluding hydrogens is 282 g/mol. The zero-order valence-electron chi connectivity index (χ0n) is 13.3. The number of carbonyl (C=O) groups excluding carboxylic acids is 1. The molecule has 3 aromatic rings. The van der Waals surface area contributed by atoms with Crippen LogP contribution in [0.1, 0.15) is 29.3 Å². The maximum absolute atomic E-state index is 12.6. The fourth-order valence-electron chi connectivity index (χ4n) is 2.82. The lowest BCUT2D eigenvalue weighted by atomic mass is 10.0. The quantitative estimate of drug-likeness (QED) is 0.734. The van der Waals surface area contributed by atoms with Crippen molar-refractivity contribution in [2.45, 2.75) is 25.8 Å². The van der Waals surface area contributed by atoms with E-state index in [0.717, 1.165) is 29.2 Å². The Balaban J connectivity index is 1.66. The molecule has 0 saturated heterocycles. The molecule has 2 heteroatoms. The fraction of sp³-hybridized carbons (Fsp3) is 0.190. The van der Waals surface area contributed by atoms with Gasteiger partial charge in [-0.05, 0) is 42.2 Å². The first-order valence-corrected chi connectivity index (χ1v) is 8.06. The molecule has 0 aromatic heterocycles. The van der Waals surface area contributed by atoms with Crippen molar-refractivity contribution in [2.24, 2.45) is 0 Å². The van der Waals surface area contributed by atoms with E-state index in [4.69, 9.17) is 0 Å². The summed E-state index contributed by atoms with van der Waals surface area (Å²) in [5.41, 5.74) is 2.05. The van der Waals surface area contributed by atoms with Crippen LogP contribution in [-0.2, 0) is 6.42 Å². The van der Waals surface area contributed by atoms with Crippen LogP contribution in [0.15, 0.2) is 72.8 Å². The van der Waals surface area contributed by atoms with Crippen LogP contribution in [-0.4, -0.2) is 11.9 Å². The van der Waals surface area contributed by atoms with Crippen LogP contribution < -0.4 is 5.32 Å². The molecule has 1 atom stereocenters. The van der Waals surface area contributed by atoms with Crippen LogP contribution in [0.3, 0.4) is 0 Å². The van der Waals surface area contributed by atoms with E-state index in [2.05, 4.69) is 36.5 Å². The minimum atomic E-state index is 0.00219. The van der Waals surface area contributed by atoms with Gasteiger partial charge in [0.15, 0.2) is 0 Å². The zero-order chi connectivity index (χ0) is 16.1. The summed E-state index contributed by atoms with van der Waals surface area (Å²) in [6.45, 7) is 2.06. The van der Waals surface area contributed by atoms with E-state index in [1.165, 1.54) is 5.56 Å². The van der Waals surface area contributed by atoms with Crippen molar-refractivity contribution in [3.63, 3.8) is 0 Å². The molecule has 1 amide bonds. The first kappa shape index (κ1) is 15.3. The SMILES string of the molecule is CC(CCc1ccccc1)NC(=O)c1cccc2ccccc12. The first-order valence-electron chi connectivity index (χ1n) is 8.06. The lowest BCUT2D eigenvalue weighted by Gasteiger charge is -2.15. The third-order valence-electron chi connectivity index (χ3n) is 4.12. The van der Waals surface area contributed by atoms with Gasteiger partial charge < -0.3 is 5.32 Å². The second kappa shape index (κ2) is 7.10. The number of hydrogen-bond acceptors (Lipinski definition) is 1. The van der Waals surface area contributed by atoms with Crippen molar-refractivity contribution in [2.75, 3.05) is 0 Å². The molecule has 0 heterocycles. The van der Waals surface area contributed by atoms with Crippen molar-refractivity contribution >= 4 is 16.7 Å². The van der Waals surface area contributed by atoms with Crippen molar-refractivity contribution in [1.82, 2.24) is 5.32 Å². The van der Waals surface area contributed by atoms with Crippen molar-refractivity contribution in [1.29, 1.82) is 0 Å². The number of amides is 1. The zero-order valence-corrected chi connectivity index (χ0v) is 13.3. The molecule has 0 saturated carbocycles. The summed E-state index contributed by atoms with van der Waals surface area (Å²) in [5.74, 6) is 0.00219. The van der Waals surface area contributed by atoms with Gasteiger partial charge >= 0.3 is 0 Å². The average molecular weight is 303 g/mol. The molecule has 116 valence electrons. The maximum Gasteiger partial charge on any atom is 0.252 e. The topological polar surface area (TPSA) is 29.1 Å². The highest BCUT2D eigenvalue weighted by Gasteiger charge is 2.12. The van der Waals surface area contributed by atoms with E-state index in [9.17, 15) is 4.79 Å². The molecule has 3 rings (SSSR count). The molecule has 0 fully saturated rings. The van der Waals surface area contributed by atoms with Crippen molar-refractivity contribution < 1.29 is 4.79 Å². The summed E-state index contributed by atoms with van der Waals surface area (Å²) in [4.78, 5) is 12.6. The normalized spacial score (nSPS) is 12.0. The molecule has 1 unspecified atom stereocenters. The molecular formula is C21H21NO. The van der Waals surface area contributed by atoms with E-state index in [1.54, 1.807) is 0 Å². The van der Waals surface area contributed by atoms with Crippen LogP contribution in [0.5, 0.6) is 0 Å². The van der Waals surface area contributed by atoms with Gasteiger partial charge in [0.05, 0.1) is 0 Å². The highest BCUT2D eigenvalue weighted by Crippen LogP contribution is 2.18. The predicted molar refractivity (Wildman–Crippen MR) is 95.6 cm³/mol. The largest absolute Gasteiger partial charge is 0.350 e. The summed E-state index contributed by atoms with van der Waals surface area (Å²) in [5, 5.41) is 5.22. The summed E-state index contributed by atoms with van der Waals surface area (Å²) >= 11 is 0. The average Bonchev–Trinajstić information content (AvgIpc) is 2.60. The summed E-state index contributed by atoms with van der Waals surface area (Å²) < 4.78 is 0. The molecule has 0 aliphatic heterocycles. The highest BCUT2D eigenvalue weighted by molar-refractivity contribution is 6.07. The molecule has 0 spiro atoms. The molecule has 3 aromatic carbocycles. The van der Waals surface area contributed by atoms with E-state index >= 15 is 0 Å². The molecule has 23 heavy (non-hydrogen) atoms. The van der Waals surface area contributed by atoms with Gasteiger partial charge in [-0.25, -0.2) is 0 Å². The summed E-state index contributed by atoms with van der Waals surface area (Å²) in [7, 11) is 0. The van der Waals surface area contributed by atoms with E-state index in [0.29, 0.717) is 0 Å². The van der Waals surface area contributed by atoms with Crippen LogP contribution in [0.25, 0.3) is 10.8 Å². The van der Waals surface area contributed by atoms with Gasteiger partial charge in [-0.15, -0.1) is 0 Å². The van der Waals surface area contributed by atoms with Gasteiger partial charge in [-0.2, -0.15) is 0 Å². The number of aryl methyl sites for hydroxylation is 1. The molecule has 0 aliphatic carbocycles. The Bertz CT molecular complexity index is 790. The smallest absolute Gasteiger partial charge is 0.252 e. The minimum Gasteiger partial charge on any atom is -0.350 e. The number of fused-ring (bicyclic) bond motifs is 1. The highest BCUT2D eigenvalue weighted by atomic mass is 16.1. The monoisotopic (exact) mass is 303 g/mol. The second-order valence-electron chi connectivity index (χ2n) is 5.93. The lowest BCUT2D eigenvalue weighted by molar-refractivity contribution is 0.0940. The summed E-state index contributed by atoms with van der Waals surface area (Å²) in [6.07, 6.45) is 1.90.